The topological polar surface area (TPSA) is 341 Å². The SMILES string of the molecule is C=CCBr.C=CCOC(=O)CCCO.C=CCOC(=O)CCCOC(=O)C(C)CCNC(=O)OC(C)(C)C.CC(CCNC(=O)OC(C)(C)C)C(=O)O.CC(CCNC(=O)OC(C)(C)C)C(=O)OCCCC(=O)O.O=C1CCCO1. The molecule has 1 fully saturated rings. The van der Waals surface area contributed by atoms with E-state index >= 15 is 0 Å². The number of carbonyl (C=O) groups excluding carboxylic acids is 8. The quantitative estimate of drug-likeness (QED) is 0.0140. The highest BCUT2D eigenvalue weighted by Crippen LogP contribution is 2.11. The van der Waals surface area contributed by atoms with Gasteiger partial charge in [-0.3, -0.25) is 33.6 Å². The Labute approximate surface area is 482 Å². The second-order valence-electron chi connectivity index (χ2n) is 20.2. The molecular weight excluding hydrogens is 1120 g/mol. The summed E-state index contributed by atoms with van der Waals surface area (Å²) in [6.07, 6.45) is 7.67. The van der Waals surface area contributed by atoms with Crippen LogP contribution in [0.25, 0.3) is 0 Å². The van der Waals surface area contributed by atoms with Gasteiger partial charge in [0.2, 0.25) is 0 Å². The van der Waals surface area contributed by atoms with Gasteiger partial charge in [-0.15, -0.1) is 6.58 Å². The highest BCUT2D eigenvalue weighted by Gasteiger charge is 2.21. The van der Waals surface area contributed by atoms with Crippen molar-refractivity contribution >= 4 is 76.0 Å². The Hall–Kier alpha value is -6.24. The maximum absolute atomic E-state index is 11.8. The fraction of sp³-hybridized carbons (Fsp3) is 0.709. The third kappa shape index (κ3) is 67.9. The predicted molar refractivity (Wildman–Crippen MR) is 303 cm³/mol. The zero-order valence-electron chi connectivity index (χ0n) is 49.5. The molecule has 0 spiro atoms. The average molecular weight is 1220 g/mol. The molecule has 464 valence electrons. The molecule has 1 saturated heterocycles. The molecule has 1 rings (SSSR count). The van der Waals surface area contributed by atoms with E-state index in [2.05, 4.69) is 61.1 Å². The molecule has 24 nitrogen and oxygen atoms in total. The van der Waals surface area contributed by atoms with Crippen molar-refractivity contribution < 1.29 is 101 Å². The standard InChI is InChI=1S/C17H29NO6.C14H25NO6.C10H19NO4.C7H12O3.C4H6O2.C3H5Br/c1-6-11-22-14(19)8-7-12-23-15(20)13(2)9-10-18-16(21)24-17(3,4)5;1-10(12(18)20-9-5-6-11(16)17)7-8-15-13(19)21-14(2,3)4;1-7(8(12)13)5-6-11-9(14)15-10(2,3)4;1-2-6-10-7(9)4-3-5-8;5-4-2-1-3-6-4;1-2-3-4/h6,13H,1,7-12H2,2-5H3,(H,18,21);10H,5-9H2,1-4H3,(H,15,19)(H,16,17);7H,5-6H2,1-4H3,(H,11,14)(H,12,13);2,8H,1,3-6H2;1-3H2;2H,1,3H2. The van der Waals surface area contributed by atoms with E-state index in [0.29, 0.717) is 71.2 Å². The number of alkyl halides is 1. The predicted octanol–water partition coefficient (Wildman–Crippen LogP) is 8.54. The van der Waals surface area contributed by atoms with Gasteiger partial charge in [-0.2, -0.15) is 0 Å². The van der Waals surface area contributed by atoms with Crippen molar-refractivity contribution in [2.75, 3.05) is 64.6 Å². The molecule has 0 aromatic heterocycles. The summed E-state index contributed by atoms with van der Waals surface area (Å²) < 4.78 is 39.1. The first-order valence-corrected chi connectivity index (χ1v) is 27.4. The van der Waals surface area contributed by atoms with Gasteiger partial charge >= 0.3 is 60.1 Å². The first-order valence-electron chi connectivity index (χ1n) is 26.3. The van der Waals surface area contributed by atoms with Crippen molar-refractivity contribution in [2.24, 2.45) is 17.8 Å². The van der Waals surface area contributed by atoms with Crippen LogP contribution < -0.4 is 16.0 Å². The maximum atomic E-state index is 11.8. The summed E-state index contributed by atoms with van der Waals surface area (Å²) in [4.78, 5) is 110. The van der Waals surface area contributed by atoms with Crippen LogP contribution in [0.2, 0.25) is 0 Å². The average Bonchev–Trinajstić information content (AvgIpc) is 3.84. The molecule has 0 aromatic carbocycles. The summed E-state index contributed by atoms with van der Waals surface area (Å²) >= 11 is 3.13. The number of alkyl carbamates (subject to hydrolysis) is 3. The van der Waals surface area contributed by atoms with E-state index in [1.54, 1.807) is 89.2 Å². The number of aliphatic hydroxyl groups excluding tert-OH is 1. The molecule has 6 N–H and O–H groups in total. The van der Waals surface area contributed by atoms with Gasteiger partial charge in [0.05, 0.1) is 37.6 Å². The van der Waals surface area contributed by atoms with Crippen molar-refractivity contribution in [3.05, 3.63) is 38.0 Å². The molecular formula is C55H96BrN3O21. The monoisotopic (exact) mass is 1210 g/mol. The van der Waals surface area contributed by atoms with E-state index in [9.17, 15) is 47.9 Å². The molecule has 1 aliphatic rings. The van der Waals surface area contributed by atoms with E-state index in [-0.39, 0.29) is 88.0 Å². The second-order valence-corrected chi connectivity index (χ2v) is 20.8. The lowest BCUT2D eigenvalue weighted by atomic mass is 10.1. The van der Waals surface area contributed by atoms with Crippen LogP contribution in [0.1, 0.15) is 154 Å². The van der Waals surface area contributed by atoms with Gasteiger partial charge in [0.15, 0.2) is 0 Å². The number of esters is 5. The fourth-order valence-corrected chi connectivity index (χ4v) is 4.69. The number of halogens is 1. The minimum Gasteiger partial charge on any atom is -0.481 e. The minimum absolute atomic E-state index is 0.0259. The van der Waals surface area contributed by atoms with E-state index in [4.69, 9.17) is 43.7 Å². The van der Waals surface area contributed by atoms with Crippen LogP contribution in [0.15, 0.2) is 38.0 Å². The number of amides is 3. The summed E-state index contributed by atoms with van der Waals surface area (Å²) in [6.45, 7) is 33.5. The van der Waals surface area contributed by atoms with Crippen LogP contribution in [0, 0.1) is 17.8 Å². The molecule has 80 heavy (non-hydrogen) atoms. The maximum Gasteiger partial charge on any atom is 0.407 e. The second kappa shape index (κ2) is 50.9. The van der Waals surface area contributed by atoms with Crippen molar-refractivity contribution in [2.45, 2.75) is 171 Å². The molecule has 0 radical (unpaired) electrons. The Bertz CT molecular complexity index is 1800. The molecule has 3 atom stereocenters. The van der Waals surface area contributed by atoms with Gasteiger partial charge in [0.25, 0.3) is 0 Å². The third-order valence-electron chi connectivity index (χ3n) is 8.67. The van der Waals surface area contributed by atoms with Crippen LogP contribution >= 0.6 is 15.9 Å². The van der Waals surface area contributed by atoms with Gasteiger partial charge in [0, 0.05) is 57.3 Å². The number of aliphatic hydroxyl groups is 1. The largest absolute Gasteiger partial charge is 0.481 e. The normalized spacial score (nSPS) is 12.3. The van der Waals surface area contributed by atoms with Gasteiger partial charge in [-0.05, 0) is 107 Å². The molecule has 25 heteroatoms. The Morgan fingerprint density at radius 2 is 0.938 bits per heavy atom. The van der Waals surface area contributed by atoms with Gasteiger partial charge in [-0.25, -0.2) is 14.4 Å². The molecule has 1 heterocycles. The molecule has 0 aliphatic carbocycles. The first kappa shape index (κ1) is 82.6. The summed E-state index contributed by atoms with van der Waals surface area (Å²) in [5.41, 5.74) is -1.64. The Balaban J connectivity index is -0.000000304. The highest BCUT2D eigenvalue weighted by atomic mass is 79.9. The highest BCUT2D eigenvalue weighted by molar-refractivity contribution is 9.09. The minimum atomic E-state index is -0.916. The molecule has 3 amide bonds. The Kier molecular flexibility index (Phi) is 52.6. The van der Waals surface area contributed by atoms with Gasteiger partial charge in [-0.1, -0.05) is 68.1 Å². The lowest BCUT2D eigenvalue weighted by molar-refractivity contribution is -0.150. The third-order valence-corrected chi connectivity index (χ3v) is 9.13. The number of carboxylic acids is 2. The number of nitrogens with one attached hydrogen (secondary N) is 3. The van der Waals surface area contributed by atoms with Crippen LogP contribution in [-0.4, -0.2) is 157 Å². The molecule has 0 saturated carbocycles. The number of rotatable bonds is 28. The fourth-order valence-electron chi connectivity index (χ4n) is 4.69. The van der Waals surface area contributed by atoms with Crippen molar-refractivity contribution in [1.82, 2.24) is 16.0 Å². The summed E-state index contributed by atoms with van der Waals surface area (Å²) in [6, 6.07) is 0. The summed E-state index contributed by atoms with van der Waals surface area (Å²) in [7, 11) is 0. The molecule has 3 unspecified atom stereocenters. The first-order chi connectivity index (χ1) is 37.1. The van der Waals surface area contributed by atoms with Crippen LogP contribution in [0.3, 0.4) is 0 Å². The lowest BCUT2D eigenvalue weighted by Crippen LogP contribution is -2.34. The van der Waals surface area contributed by atoms with Crippen molar-refractivity contribution in [1.29, 1.82) is 0 Å². The molecule has 0 aromatic rings. The molecule has 0 bridgehead atoms. The van der Waals surface area contributed by atoms with E-state index in [0.717, 1.165) is 11.8 Å². The number of allylic oxidation sites excluding steroid dienone is 1. The molecule has 1 aliphatic heterocycles. The number of ether oxygens (including phenoxy) is 8. The van der Waals surface area contributed by atoms with Crippen molar-refractivity contribution in [3.8, 4) is 0 Å². The number of carbonyl (C=O) groups is 10. The van der Waals surface area contributed by atoms with Crippen LogP contribution in [0.5, 0.6) is 0 Å². The Morgan fingerprint density at radius 3 is 1.20 bits per heavy atom. The van der Waals surface area contributed by atoms with E-state index < -0.39 is 58.9 Å². The smallest absolute Gasteiger partial charge is 0.407 e. The number of hydrogen-bond donors (Lipinski definition) is 6. The summed E-state index contributed by atoms with van der Waals surface area (Å²) in [5, 5.41) is 33.9. The summed E-state index contributed by atoms with van der Waals surface area (Å²) in [5.74, 6) is -4.39. The van der Waals surface area contributed by atoms with Gasteiger partial charge < -0.3 is 69.2 Å². The number of cyclic esters (lactones) is 1. The Morgan fingerprint density at radius 1 is 0.588 bits per heavy atom. The van der Waals surface area contributed by atoms with Crippen molar-refractivity contribution in [3.63, 3.8) is 0 Å². The van der Waals surface area contributed by atoms with Gasteiger partial charge in [0.1, 0.15) is 30.0 Å². The number of aliphatic carboxylic acids is 2. The zero-order chi connectivity index (χ0) is 62.8. The van der Waals surface area contributed by atoms with Crippen LogP contribution in [-0.2, 0) is 71.5 Å². The number of carboxylic acid groups (broad SMARTS) is 2. The van der Waals surface area contributed by atoms with E-state index in [1.807, 2.05) is 0 Å². The number of hydrogen-bond acceptors (Lipinski definition) is 19. The van der Waals surface area contributed by atoms with E-state index in [1.165, 1.54) is 12.2 Å². The zero-order valence-corrected chi connectivity index (χ0v) is 51.1. The van der Waals surface area contributed by atoms with Crippen LogP contribution in [0.4, 0.5) is 14.4 Å². The lowest BCUT2D eigenvalue weighted by Gasteiger charge is -2.20.